The average molecular weight is 287 g/mol. The number of nitrogens with two attached hydrogens (primary N) is 1. The van der Waals surface area contributed by atoms with Gasteiger partial charge in [0.25, 0.3) is 0 Å². The van der Waals surface area contributed by atoms with Crippen LogP contribution in [-0.4, -0.2) is 40.5 Å². The molecule has 2 amide bonds. The standard InChI is InChI=1S/C13H25N3O4/c1-5-13(4,6-2)16-11(19)8(3)15-12(20)9(14)7-10(17)18/h8-9H,5-7,14H2,1-4H3,(H,15,20)(H,16,19)(H,17,18). The van der Waals surface area contributed by atoms with Crippen LogP contribution in [0.3, 0.4) is 0 Å². The van der Waals surface area contributed by atoms with Crippen molar-refractivity contribution in [3.63, 3.8) is 0 Å². The molecular weight excluding hydrogens is 262 g/mol. The van der Waals surface area contributed by atoms with E-state index in [1.54, 1.807) is 0 Å². The Morgan fingerprint density at radius 3 is 2.10 bits per heavy atom. The molecule has 7 heteroatoms. The molecule has 0 aromatic heterocycles. The Morgan fingerprint density at radius 1 is 1.20 bits per heavy atom. The van der Waals surface area contributed by atoms with Gasteiger partial charge in [0, 0.05) is 5.54 Å². The molecule has 0 saturated heterocycles. The highest BCUT2D eigenvalue weighted by Gasteiger charge is 2.27. The number of aliphatic carboxylic acids is 1. The van der Waals surface area contributed by atoms with Gasteiger partial charge in [-0.2, -0.15) is 0 Å². The highest BCUT2D eigenvalue weighted by atomic mass is 16.4. The molecule has 0 aliphatic heterocycles. The van der Waals surface area contributed by atoms with E-state index in [4.69, 9.17) is 10.8 Å². The van der Waals surface area contributed by atoms with Crippen LogP contribution in [0.25, 0.3) is 0 Å². The Labute approximate surface area is 119 Å². The minimum Gasteiger partial charge on any atom is -0.481 e. The van der Waals surface area contributed by atoms with E-state index in [-0.39, 0.29) is 11.4 Å². The number of carboxylic acids is 1. The van der Waals surface area contributed by atoms with Crippen LogP contribution in [0.5, 0.6) is 0 Å². The molecular formula is C13H25N3O4. The summed E-state index contributed by atoms with van der Waals surface area (Å²) in [7, 11) is 0. The van der Waals surface area contributed by atoms with Gasteiger partial charge in [0.05, 0.1) is 12.5 Å². The van der Waals surface area contributed by atoms with Crippen LogP contribution in [0.15, 0.2) is 0 Å². The van der Waals surface area contributed by atoms with Crippen LogP contribution < -0.4 is 16.4 Å². The Balaban J connectivity index is 4.46. The topological polar surface area (TPSA) is 122 Å². The number of carbonyl (C=O) groups is 3. The number of hydrogen-bond donors (Lipinski definition) is 4. The van der Waals surface area contributed by atoms with Crippen molar-refractivity contribution in [2.75, 3.05) is 0 Å². The summed E-state index contributed by atoms with van der Waals surface area (Å²) >= 11 is 0. The molecule has 0 radical (unpaired) electrons. The van der Waals surface area contributed by atoms with Crippen molar-refractivity contribution in [3.8, 4) is 0 Å². The van der Waals surface area contributed by atoms with Crippen LogP contribution in [0.2, 0.25) is 0 Å². The zero-order valence-corrected chi connectivity index (χ0v) is 12.5. The lowest BCUT2D eigenvalue weighted by Crippen LogP contribution is -2.55. The van der Waals surface area contributed by atoms with Crippen molar-refractivity contribution in [2.24, 2.45) is 5.73 Å². The van der Waals surface area contributed by atoms with Crippen molar-refractivity contribution in [1.29, 1.82) is 0 Å². The molecule has 0 aromatic carbocycles. The SMILES string of the molecule is CCC(C)(CC)NC(=O)C(C)NC(=O)C(N)CC(=O)O. The van der Waals surface area contributed by atoms with Crippen molar-refractivity contribution in [1.82, 2.24) is 10.6 Å². The summed E-state index contributed by atoms with van der Waals surface area (Å²) in [6.45, 7) is 7.40. The highest BCUT2D eigenvalue weighted by Crippen LogP contribution is 2.13. The van der Waals surface area contributed by atoms with E-state index in [9.17, 15) is 14.4 Å². The third-order valence-corrected chi connectivity index (χ3v) is 3.47. The second-order valence-electron chi connectivity index (χ2n) is 5.19. The van der Waals surface area contributed by atoms with Gasteiger partial charge < -0.3 is 21.5 Å². The molecule has 5 N–H and O–H groups in total. The summed E-state index contributed by atoms with van der Waals surface area (Å²) < 4.78 is 0. The number of nitrogens with one attached hydrogen (secondary N) is 2. The largest absolute Gasteiger partial charge is 0.481 e. The number of hydrogen-bond acceptors (Lipinski definition) is 4. The van der Waals surface area contributed by atoms with Gasteiger partial charge in [-0.15, -0.1) is 0 Å². The van der Waals surface area contributed by atoms with Gasteiger partial charge in [-0.05, 0) is 26.7 Å². The lowest BCUT2D eigenvalue weighted by Gasteiger charge is -2.30. The third kappa shape index (κ3) is 6.01. The molecule has 2 atom stereocenters. The van der Waals surface area contributed by atoms with Gasteiger partial charge in [-0.1, -0.05) is 13.8 Å². The first-order valence-corrected chi connectivity index (χ1v) is 6.75. The van der Waals surface area contributed by atoms with E-state index in [0.29, 0.717) is 0 Å². The zero-order chi connectivity index (χ0) is 15.9. The molecule has 0 fully saturated rings. The van der Waals surface area contributed by atoms with E-state index in [1.165, 1.54) is 6.92 Å². The molecule has 7 nitrogen and oxygen atoms in total. The molecule has 0 heterocycles. The molecule has 0 aliphatic carbocycles. The first kappa shape index (κ1) is 18.4. The number of rotatable bonds is 8. The first-order chi connectivity index (χ1) is 9.15. The summed E-state index contributed by atoms with van der Waals surface area (Å²) in [4.78, 5) is 34.1. The summed E-state index contributed by atoms with van der Waals surface area (Å²) in [5, 5.41) is 13.8. The van der Waals surface area contributed by atoms with Crippen LogP contribution >= 0.6 is 0 Å². The van der Waals surface area contributed by atoms with E-state index >= 15 is 0 Å². The fraction of sp³-hybridized carbons (Fsp3) is 0.769. The Morgan fingerprint density at radius 2 is 1.70 bits per heavy atom. The van der Waals surface area contributed by atoms with Crippen molar-refractivity contribution in [3.05, 3.63) is 0 Å². The van der Waals surface area contributed by atoms with Crippen LogP contribution in [0, 0.1) is 0 Å². The quantitative estimate of drug-likeness (QED) is 0.500. The molecule has 2 unspecified atom stereocenters. The normalized spacial score (nSPS) is 14.2. The maximum atomic E-state index is 12.0. The Kier molecular flexibility index (Phi) is 7.20. The Hall–Kier alpha value is -1.63. The summed E-state index contributed by atoms with van der Waals surface area (Å²) in [5.74, 6) is -2.12. The summed E-state index contributed by atoms with van der Waals surface area (Å²) in [6.07, 6.45) is 1.07. The number of amides is 2. The van der Waals surface area contributed by atoms with Gasteiger partial charge in [0.1, 0.15) is 6.04 Å². The molecule has 0 rings (SSSR count). The highest BCUT2D eigenvalue weighted by molar-refractivity contribution is 5.91. The van der Waals surface area contributed by atoms with Crippen LogP contribution in [0.4, 0.5) is 0 Å². The first-order valence-electron chi connectivity index (χ1n) is 6.75. The maximum absolute atomic E-state index is 12.0. The monoisotopic (exact) mass is 287 g/mol. The number of carbonyl (C=O) groups excluding carboxylic acids is 2. The summed E-state index contributed by atoms with van der Waals surface area (Å²) in [6, 6.07) is -1.92. The van der Waals surface area contributed by atoms with E-state index in [1.807, 2.05) is 20.8 Å². The van der Waals surface area contributed by atoms with Gasteiger partial charge in [0.15, 0.2) is 0 Å². The zero-order valence-electron chi connectivity index (χ0n) is 12.5. The molecule has 116 valence electrons. The van der Waals surface area contributed by atoms with Crippen molar-refractivity contribution >= 4 is 17.8 Å². The lowest BCUT2D eigenvalue weighted by molar-refractivity contribution is -0.139. The second-order valence-corrected chi connectivity index (χ2v) is 5.19. The predicted octanol–water partition coefficient (Wildman–Crippen LogP) is -0.0120. The van der Waals surface area contributed by atoms with Crippen LogP contribution in [0.1, 0.15) is 47.0 Å². The Bertz CT molecular complexity index is 367. The van der Waals surface area contributed by atoms with Crippen molar-refractivity contribution < 1.29 is 19.5 Å². The van der Waals surface area contributed by atoms with Gasteiger partial charge >= 0.3 is 5.97 Å². The third-order valence-electron chi connectivity index (χ3n) is 3.47. The van der Waals surface area contributed by atoms with Gasteiger partial charge in [-0.25, -0.2) is 0 Å². The second kappa shape index (κ2) is 7.84. The predicted molar refractivity (Wildman–Crippen MR) is 75.0 cm³/mol. The van der Waals surface area contributed by atoms with Gasteiger partial charge in [0.2, 0.25) is 11.8 Å². The molecule has 0 spiro atoms. The molecule has 0 aromatic rings. The minimum atomic E-state index is -1.16. The van der Waals surface area contributed by atoms with E-state index in [2.05, 4.69) is 10.6 Å². The molecule has 0 bridgehead atoms. The fourth-order valence-corrected chi connectivity index (χ4v) is 1.50. The fourth-order valence-electron chi connectivity index (χ4n) is 1.50. The maximum Gasteiger partial charge on any atom is 0.305 e. The minimum absolute atomic E-state index is 0.313. The number of carboxylic acid groups (broad SMARTS) is 1. The molecule has 20 heavy (non-hydrogen) atoms. The van der Waals surface area contributed by atoms with Gasteiger partial charge in [-0.3, -0.25) is 14.4 Å². The van der Waals surface area contributed by atoms with Crippen molar-refractivity contribution in [2.45, 2.75) is 64.6 Å². The van der Waals surface area contributed by atoms with Crippen LogP contribution in [-0.2, 0) is 14.4 Å². The average Bonchev–Trinajstić information content (AvgIpc) is 2.37. The summed E-state index contributed by atoms with van der Waals surface area (Å²) in [5.41, 5.74) is 5.10. The van der Waals surface area contributed by atoms with E-state index < -0.39 is 30.4 Å². The lowest BCUT2D eigenvalue weighted by atomic mass is 9.95. The molecule has 0 aliphatic rings. The molecule has 0 saturated carbocycles. The van der Waals surface area contributed by atoms with E-state index in [0.717, 1.165) is 12.8 Å². The smallest absolute Gasteiger partial charge is 0.305 e.